The lowest BCUT2D eigenvalue weighted by molar-refractivity contribution is -0.123. The van der Waals surface area contributed by atoms with Crippen LogP contribution in [0.15, 0.2) is 88.8 Å². The summed E-state index contributed by atoms with van der Waals surface area (Å²) in [4.78, 5) is 20.7. The predicted molar refractivity (Wildman–Crippen MR) is 135 cm³/mol. The Balaban J connectivity index is 1.72. The fourth-order valence-corrected chi connectivity index (χ4v) is 4.67. The smallest absolute Gasteiger partial charge is 0.267 e. The minimum Gasteiger partial charge on any atom is -0.493 e. The second kappa shape index (κ2) is 10.4. The molecule has 3 aromatic carbocycles. The summed E-state index contributed by atoms with van der Waals surface area (Å²) in [7, 11) is 1.61. The van der Waals surface area contributed by atoms with Crippen LogP contribution in [-0.4, -0.2) is 29.7 Å². The van der Waals surface area contributed by atoms with Crippen molar-refractivity contribution < 1.29 is 14.3 Å². The van der Waals surface area contributed by atoms with Gasteiger partial charge < -0.3 is 9.47 Å². The number of para-hydroxylation sites is 1. The Morgan fingerprint density at radius 3 is 2.36 bits per heavy atom. The van der Waals surface area contributed by atoms with Gasteiger partial charge in [-0.2, -0.15) is 0 Å². The zero-order valence-corrected chi connectivity index (χ0v) is 19.7. The molecule has 0 spiro atoms. The topological polar surface area (TPSA) is 51.1 Å². The highest BCUT2D eigenvalue weighted by atomic mass is 32.2. The first-order chi connectivity index (χ1) is 16.1. The van der Waals surface area contributed by atoms with E-state index in [1.807, 2.05) is 98.8 Å². The van der Waals surface area contributed by atoms with Crippen LogP contribution in [0.1, 0.15) is 31.0 Å². The first kappa shape index (κ1) is 22.7. The summed E-state index contributed by atoms with van der Waals surface area (Å²) in [5.74, 6) is 1.24. The average molecular weight is 459 g/mol. The number of ether oxygens (including phenoxy) is 2. The van der Waals surface area contributed by atoms with Crippen LogP contribution >= 0.6 is 11.8 Å². The van der Waals surface area contributed by atoms with E-state index in [1.165, 1.54) is 11.8 Å². The van der Waals surface area contributed by atoms with Crippen molar-refractivity contribution >= 4 is 34.6 Å². The van der Waals surface area contributed by atoms with Crippen molar-refractivity contribution in [1.29, 1.82) is 0 Å². The molecule has 3 aromatic rings. The van der Waals surface area contributed by atoms with Crippen molar-refractivity contribution in [2.75, 3.05) is 13.7 Å². The third-order valence-corrected chi connectivity index (χ3v) is 6.26. The Labute approximate surface area is 198 Å². The average Bonchev–Trinajstić information content (AvgIpc) is 3.15. The number of benzene rings is 3. The number of nitrogens with zero attached hydrogens (tertiary/aromatic N) is 2. The molecule has 1 aliphatic rings. The molecule has 0 saturated carbocycles. The van der Waals surface area contributed by atoms with Gasteiger partial charge in [-0.1, -0.05) is 54.6 Å². The van der Waals surface area contributed by atoms with Crippen molar-refractivity contribution in [1.82, 2.24) is 4.90 Å². The second-order valence-electron chi connectivity index (χ2n) is 7.45. The number of carbonyl (C=O) groups excluding carboxylic acids is 1. The highest BCUT2D eigenvalue weighted by molar-refractivity contribution is 8.18. The van der Waals surface area contributed by atoms with Crippen LogP contribution in [0.25, 0.3) is 6.08 Å². The molecular formula is C27H26N2O3S. The first-order valence-corrected chi connectivity index (χ1v) is 11.6. The summed E-state index contributed by atoms with van der Waals surface area (Å²) in [6, 6.07) is 25.2. The molecule has 0 bridgehead atoms. The Morgan fingerprint density at radius 2 is 1.70 bits per heavy atom. The predicted octanol–water partition coefficient (Wildman–Crippen LogP) is 6.46. The molecule has 0 aromatic heterocycles. The van der Waals surface area contributed by atoms with Gasteiger partial charge in [0.05, 0.1) is 30.4 Å². The largest absolute Gasteiger partial charge is 0.493 e. The fraction of sp³-hybridized carbons (Fsp3) is 0.185. The molecule has 4 rings (SSSR count). The third kappa shape index (κ3) is 5.12. The lowest BCUT2D eigenvalue weighted by Crippen LogP contribution is -2.32. The van der Waals surface area contributed by atoms with Crippen LogP contribution < -0.4 is 9.47 Å². The minimum atomic E-state index is -0.158. The Bertz CT molecular complexity index is 1180. The summed E-state index contributed by atoms with van der Waals surface area (Å²) in [5.41, 5.74) is 2.72. The monoisotopic (exact) mass is 458 g/mol. The number of hydrogen-bond donors (Lipinski definition) is 0. The summed E-state index contributed by atoms with van der Waals surface area (Å²) >= 11 is 1.38. The molecule has 5 nitrogen and oxygen atoms in total. The fourth-order valence-electron chi connectivity index (χ4n) is 3.60. The molecule has 33 heavy (non-hydrogen) atoms. The van der Waals surface area contributed by atoms with Crippen molar-refractivity contribution in [2.45, 2.75) is 19.9 Å². The SMILES string of the molecule is CCOc1ccc(/C=C2/SC(=Nc3ccccc3)N([C@H](C)c3ccccc3)C2=O)cc1OC. The van der Waals surface area contributed by atoms with Crippen molar-refractivity contribution in [3.05, 3.63) is 94.9 Å². The molecule has 0 radical (unpaired) electrons. The maximum absolute atomic E-state index is 13.5. The van der Waals surface area contributed by atoms with Crippen LogP contribution in [0, 0.1) is 0 Å². The zero-order chi connectivity index (χ0) is 23.2. The number of aliphatic imine (C=N–C) groups is 1. The molecule has 1 atom stereocenters. The molecule has 1 aliphatic heterocycles. The van der Waals surface area contributed by atoms with Crippen LogP contribution in [-0.2, 0) is 4.79 Å². The van der Waals surface area contributed by atoms with Crippen molar-refractivity contribution in [3.8, 4) is 11.5 Å². The zero-order valence-electron chi connectivity index (χ0n) is 18.9. The molecule has 1 amide bonds. The summed E-state index contributed by atoms with van der Waals surface area (Å²) < 4.78 is 11.1. The standard InChI is InChI=1S/C27H26N2O3S/c1-4-32-23-16-15-20(17-24(23)31-3)18-25-26(30)29(19(2)21-11-7-5-8-12-21)27(33-25)28-22-13-9-6-10-14-22/h5-19H,4H2,1-3H3/b25-18+,28-27?/t19-/m1/s1. The van der Waals surface area contributed by atoms with Gasteiger partial charge in [-0.15, -0.1) is 0 Å². The van der Waals surface area contributed by atoms with E-state index in [1.54, 1.807) is 12.0 Å². The third-order valence-electron chi connectivity index (χ3n) is 5.27. The summed E-state index contributed by atoms with van der Waals surface area (Å²) in [6.45, 7) is 4.51. The van der Waals surface area contributed by atoms with E-state index in [9.17, 15) is 4.79 Å². The number of carbonyl (C=O) groups is 1. The molecule has 6 heteroatoms. The van der Waals surface area contributed by atoms with E-state index in [0.29, 0.717) is 28.2 Å². The molecular weight excluding hydrogens is 432 g/mol. The van der Waals surface area contributed by atoms with Gasteiger partial charge in [-0.05, 0) is 67.1 Å². The van der Waals surface area contributed by atoms with Gasteiger partial charge in [0.2, 0.25) is 0 Å². The van der Waals surface area contributed by atoms with Crippen LogP contribution in [0.3, 0.4) is 0 Å². The van der Waals surface area contributed by atoms with Crippen molar-refractivity contribution in [3.63, 3.8) is 0 Å². The maximum Gasteiger partial charge on any atom is 0.267 e. The lowest BCUT2D eigenvalue weighted by atomic mass is 10.1. The van der Waals surface area contributed by atoms with Crippen LogP contribution in [0.2, 0.25) is 0 Å². The minimum absolute atomic E-state index is 0.0705. The van der Waals surface area contributed by atoms with E-state index in [4.69, 9.17) is 14.5 Å². The quantitative estimate of drug-likeness (QED) is 0.381. The van der Waals surface area contributed by atoms with E-state index in [0.717, 1.165) is 16.8 Å². The van der Waals surface area contributed by atoms with Gasteiger partial charge in [0, 0.05) is 0 Å². The van der Waals surface area contributed by atoms with Gasteiger partial charge in [0.25, 0.3) is 5.91 Å². The van der Waals surface area contributed by atoms with E-state index < -0.39 is 0 Å². The number of thioether (sulfide) groups is 1. The number of amides is 1. The molecule has 0 aliphatic carbocycles. The summed E-state index contributed by atoms with van der Waals surface area (Å²) in [5, 5.41) is 0.659. The molecule has 1 heterocycles. The van der Waals surface area contributed by atoms with Gasteiger partial charge in [0.15, 0.2) is 16.7 Å². The molecule has 0 N–H and O–H groups in total. The Hall–Kier alpha value is -3.51. The number of methoxy groups -OCH3 is 1. The molecule has 1 saturated heterocycles. The van der Waals surface area contributed by atoms with Crippen LogP contribution in [0.4, 0.5) is 5.69 Å². The van der Waals surface area contributed by atoms with Crippen LogP contribution in [0.5, 0.6) is 11.5 Å². The molecule has 168 valence electrons. The second-order valence-corrected chi connectivity index (χ2v) is 8.45. The lowest BCUT2D eigenvalue weighted by Gasteiger charge is -2.24. The number of rotatable bonds is 7. The van der Waals surface area contributed by atoms with Crippen molar-refractivity contribution in [2.24, 2.45) is 4.99 Å². The van der Waals surface area contributed by atoms with E-state index >= 15 is 0 Å². The van der Waals surface area contributed by atoms with Gasteiger partial charge in [0.1, 0.15) is 0 Å². The highest BCUT2D eigenvalue weighted by Crippen LogP contribution is 2.40. The Morgan fingerprint density at radius 1 is 1.00 bits per heavy atom. The number of hydrogen-bond acceptors (Lipinski definition) is 5. The van der Waals surface area contributed by atoms with Gasteiger partial charge in [-0.25, -0.2) is 4.99 Å². The van der Waals surface area contributed by atoms with Gasteiger partial charge >= 0.3 is 0 Å². The maximum atomic E-state index is 13.5. The highest BCUT2D eigenvalue weighted by Gasteiger charge is 2.37. The Kier molecular flexibility index (Phi) is 7.15. The number of amidine groups is 1. The molecule has 1 fully saturated rings. The normalized spacial score (nSPS) is 16.9. The first-order valence-electron chi connectivity index (χ1n) is 10.8. The molecule has 0 unspecified atom stereocenters. The van der Waals surface area contributed by atoms with Gasteiger partial charge in [-0.3, -0.25) is 9.69 Å². The van der Waals surface area contributed by atoms with E-state index in [2.05, 4.69) is 0 Å². The summed E-state index contributed by atoms with van der Waals surface area (Å²) in [6.07, 6.45) is 1.88. The van der Waals surface area contributed by atoms with E-state index in [-0.39, 0.29) is 11.9 Å².